The molecule has 0 radical (unpaired) electrons. The molecule has 0 aromatic rings. The summed E-state index contributed by atoms with van der Waals surface area (Å²) < 4.78 is 0. The first-order chi connectivity index (χ1) is 9.11. The Morgan fingerprint density at radius 2 is 1.85 bits per heavy atom. The fourth-order valence-electron chi connectivity index (χ4n) is 2.21. The Labute approximate surface area is 139 Å². The molecule has 0 heterocycles. The number of carbonyl (C=O) groups is 1. The minimum Gasteiger partial charge on any atom is -0.356 e. The van der Waals surface area contributed by atoms with Gasteiger partial charge >= 0.3 is 0 Å². The van der Waals surface area contributed by atoms with Crippen LogP contribution in [0.25, 0.3) is 0 Å². The number of hydrogen-bond acceptors (Lipinski definition) is 2. The summed E-state index contributed by atoms with van der Waals surface area (Å²) in [5.41, 5.74) is 0. The van der Waals surface area contributed by atoms with Crippen LogP contribution in [0.5, 0.6) is 0 Å². The molecule has 118 valence electrons. The van der Waals surface area contributed by atoms with E-state index >= 15 is 0 Å². The average Bonchev–Trinajstić information content (AvgIpc) is 2.39. The zero-order valence-corrected chi connectivity index (χ0v) is 15.2. The van der Waals surface area contributed by atoms with E-state index in [9.17, 15) is 4.79 Å². The first-order valence-electron chi connectivity index (χ1n) is 7.35. The normalized spacial score (nSPS) is 16.5. The van der Waals surface area contributed by atoms with E-state index in [1.165, 1.54) is 19.3 Å². The molecule has 0 atom stereocenters. The van der Waals surface area contributed by atoms with Crippen molar-refractivity contribution in [3.63, 3.8) is 0 Å². The molecule has 20 heavy (non-hydrogen) atoms. The van der Waals surface area contributed by atoms with Gasteiger partial charge in [-0.2, -0.15) is 0 Å². The lowest BCUT2D eigenvalue weighted by Gasteiger charge is -2.23. The van der Waals surface area contributed by atoms with Crippen molar-refractivity contribution in [1.82, 2.24) is 16.0 Å². The monoisotopic (exact) mass is 396 g/mol. The predicted octanol–water partition coefficient (Wildman–Crippen LogP) is 1.87. The molecule has 1 rings (SSSR count). The van der Waals surface area contributed by atoms with Crippen molar-refractivity contribution in [3.05, 3.63) is 0 Å². The Hall–Kier alpha value is -0.530. The van der Waals surface area contributed by atoms with Gasteiger partial charge in [-0.15, -0.1) is 24.0 Å². The quantitative estimate of drug-likeness (QED) is 0.378. The summed E-state index contributed by atoms with van der Waals surface area (Å²) in [5.74, 6) is 1.29. The van der Waals surface area contributed by atoms with Crippen LogP contribution in [0, 0.1) is 5.92 Å². The van der Waals surface area contributed by atoms with Crippen molar-refractivity contribution in [2.75, 3.05) is 20.1 Å². The first-order valence-corrected chi connectivity index (χ1v) is 7.35. The average molecular weight is 396 g/mol. The summed E-state index contributed by atoms with van der Waals surface area (Å²) in [6, 6.07) is 0.369. The van der Waals surface area contributed by atoms with Gasteiger partial charge in [0.15, 0.2) is 5.96 Å². The van der Waals surface area contributed by atoms with Crippen molar-refractivity contribution >= 4 is 35.8 Å². The van der Waals surface area contributed by atoms with E-state index in [1.54, 1.807) is 7.05 Å². The van der Waals surface area contributed by atoms with E-state index in [0.29, 0.717) is 17.9 Å². The number of nitrogens with zero attached hydrogens (tertiary/aromatic N) is 1. The topological polar surface area (TPSA) is 65.5 Å². The van der Waals surface area contributed by atoms with Crippen LogP contribution >= 0.6 is 24.0 Å². The van der Waals surface area contributed by atoms with Crippen molar-refractivity contribution in [2.45, 2.75) is 52.0 Å². The van der Waals surface area contributed by atoms with E-state index in [1.807, 2.05) is 0 Å². The van der Waals surface area contributed by atoms with Gasteiger partial charge in [-0.3, -0.25) is 9.79 Å². The van der Waals surface area contributed by atoms with Crippen LogP contribution in [0.1, 0.15) is 46.0 Å². The molecule has 0 bridgehead atoms. The van der Waals surface area contributed by atoms with Crippen LogP contribution in [0.15, 0.2) is 4.99 Å². The van der Waals surface area contributed by atoms with Crippen LogP contribution in [0.2, 0.25) is 0 Å². The van der Waals surface area contributed by atoms with Crippen LogP contribution in [-0.4, -0.2) is 38.0 Å². The minimum atomic E-state index is 0. The number of aliphatic imine (C=N–C) groups is 1. The molecular weight excluding hydrogens is 367 g/mol. The first kappa shape index (κ1) is 19.5. The van der Waals surface area contributed by atoms with Crippen molar-refractivity contribution in [1.29, 1.82) is 0 Å². The lowest BCUT2D eigenvalue weighted by atomic mass is 9.95. The highest BCUT2D eigenvalue weighted by molar-refractivity contribution is 14.0. The van der Waals surface area contributed by atoms with Gasteiger partial charge in [0, 0.05) is 19.6 Å². The SMILES string of the molecule is CN=C(NCC(=O)NC1CCCCC1)NCC(C)C.I. The molecule has 0 aliphatic heterocycles. The van der Waals surface area contributed by atoms with Crippen molar-refractivity contribution in [3.8, 4) is 0 Å². The summed E-state index contributed by atoms with van der Waals surface area (Å²) in [6.07, 6.45) is 6.00. The molecule has 3 N–H and O–H groups in total. The number of rotatable bonds is 5. The zero-order chi connectivity index (χ0) is 14.1. The van der Waals surface area contributed by atoms with Crippen LogP contribution in [-0.2, 0) is 4.79 Å². The van der Waals surface area contributed by atoms with E-state index in [2.05, 4.69) is 34.8 Å². The van der Waals surface area contributed by atoms with Gasteiger partial charge in [0.05, 0.1) is 6.54 Å². The summed E-state index contributed by atoms with van der Waals surface area (Å²) in [5, 5.41) is 9.31. The molecule has 1 amide bonds. The smallest absolute Gasteiger partial charge is 0.239 e. The van der Waals surface area contributed by atoms with Crippen molar-refractivity contribution < 1.29 is 4.79 Å². The van der Waals surface area contributed by atoms with Gasteiger partial charge in [-0.25, -0.2) is 0 Å². The van der Waals surface area contributed by atoms with Gasteiger partial charge < -0.3 is 16.0 Å². The maximum absolute atomic E-state index is 11.8. The standard InChI is InChI=1S/C14H28N4O.HI/c1-11(2)9-16-14(15-3)17-10-13(19)18-12-7-5-4-6-8-12;/h11-12H,4-10H2,1-3H3,(H,18,19)(H2,15,16,17);1H. The lowest BCUT2D eigenvalue weighted by Crippen LogP contribution is -2.46. The summed E-state index contributed by atoms with van der Waals surface area (Å²) in [7, 11) is 1.72. The minimum absolute atomic E-state index is 0. The fraction of sp³-hybridized carbons (Fsp3) is 0.857. The van der Waals surface area contributed by atoms with E-state index in [4.69, 9.17) is 0 Å². The summed E-state index contributed by atoms with van der Waals surface area (Å²) >= 11 is 0. The molecule has 0 spiro atoms. The Bertz CT molecular complexity index is 302. The van der Waals surface area contributed by atoms with E-state index < -0.39 is 0 Å². The number of carbonyl (C=O) groups excluding carboxylic acids is 1. The molecule has 0 unspecified atom stereocenters. The molecule has 6 heteroatoms. The van der Waals surface area contributed by atoms with E-state index in [0.717, 1.165) is 19.4 Å². The fourth-order valence-corrected chi connectivity index (χ4v) is 2.21. The Morgan fingerprint density at radius 3 is 2.40 bits per heavy atom. The highest BCUT2D eigenvalue weighted by Crippen LogP contribution is 2.16. The van der Waals surface area contributed by atoms with Gasteiger partial charge in [0.2, 0.25) is 5.91 Å². The van der Waals surface area contributed by atoms with E-state index in [-0.39, 0.29) is 36.4 Å². The molecule has 1 fully saturated rings. The highest BCUT2D eigenvalue weighted by Gasteiger charge is 2.15. The third kappa shape index (κ3) is 8.60. The zero-order valence-electron chi connectivity index (χ0n) is 12.9. The van der Waals surface area contributed by atoms with Crippen molar-refractivity contribution in [2.24, 2.45) is 10.9 Å². The van der Waals surface area contributed by atoms with Gasteiger partial charge in [0.25, 0.3) is 0 Å². The molecule has 1 aliphatic rings. The maximum Gasteiger partial charge on any atom is 0.239 e. The largest absolute Gasteiger partial charge is 0.356 e. The number of halogens is 1. The van der Waals surface area contributed by atoms with Crippen LogP contribution in [0.4, 0.5) is 0 Å². The predicted molar refractivity (Wildman–Crippen MR) is 94.6 cm³/mol. The lowest BCUT2D eigenvalue weighted by molar-refractivity contribution is -0.120. The molecule has 1 saturated carbocycles. The molecule has 5 nitrogen and oxygen atoms in total. The summed E-state index contributed by atoms with van der Waals surface area (Å²) in [6.45, 7) is 5.41. The maximum atomic E-state index is 11.8. The van der Waals surface area contributed by atoms with Gasteiger partial charge in [0.1, 0.15) is 0 Å². The van der Waals surface area contributed by atoms with Gasteiger partial charge in [-0.05, 0) is 18.8 Å². The molecular formula is C14H29IN4O. The number of guanidine groups is 1. The molecule has 1 aliphatic carbocycles. The third-order valence-corrected chi connectivity index (χ3v) is 3.29. The highest BCUT2D eigenvalue weighted by atomic mass is 127. The summed E-state index contributed by atoms with van der Waals surface area (Å²) in [4.78, 5) is 15.9. The Balaban J connectivity index is 0.00000361. The Kier molecular flexibility index (Phi) is 10.9. The number of amides is 1. The number of nitrogens with one attached hydrogen (secondary N) is 3. The third-order valence-electron chi connectivity index (χ3n) is 3.29. The van der Waals surface area contributed by atoms with Crippen LogP contribution < -0.4 is 16.0 Å². The Morgan fingerprint density at radius 1 is 1.20 bits per heavy atom. The molecule has 0 aromatic heterocycles. The second kappa shape index (κ2) is 11.2. The second-order valence-electron chi connectivity index (χ2n) is 5.60. The number of hydrogen-bond donors (Lipinski definition) is 3. The second-order valence-corrected chi connectivity index (χ2v) is 5.60. The van der Waals surface area contributed by atoms with Gasteiger partial charge in [-0.1, -0.05) is 33.1 Å². The molecule has 0 saturated heterocycles. The molecule has 0 aromatic carbocycles. The van der Waals surface area contributed by atoms with Crippen LogP contribution in [0.3, 0.4) is 0 Å².